The molecule has 1 N–H and O–H groups in total. The summed E-state index contributed by atoms with van der Waals surface area (Å²) < 4.78 is 6.14. The third-order valence-electron chi connectivity index (χ3n) is 4.65. The summed E-state index contributed by atoms with van der Waals surface area (Å²) in [5.41, 5.74) is 0. The first-order valence-corrected chi connectivity index (χ1v) is 12.8. The number of unbranched alkanes of at least 4 members (excludes halogenated alkanes) is 5. The highest BCUT2D eigenvalue weighted by Gasteiger charge is 2.38. The molecule has 0 aromatic rings. The molecule has 0 bridgehead atoms. The number of carboxylic acids is 1. The molecule has 1 atom stereocenters. The normalized spacial score (nSPS) is 11.4. The van der Waals surface area contributed by atoms with Crippen LogP contribution in [0.25, 0.3) is 0 Å². The second-order valence-corrected chi connectivity index (χ2v) is 13.0. The van der Waals surface area contributed by atoms with Crippen molar-refractivity contribution in [3.8, 4) is 47.4 Å². The smallest absolute Gasteiger partial charge is 0.303 e. The van der Waals surface area contributed by atoms with Crippen LogP contribution in [-0.4, -0.2) is 25.5 Å². The molecule has 152 valence electrons. The summed E-state index contributed by atoms with van der Waals surface area (Å²) in [6, 6.07) is 0. The van der Waals surface area contributed by atoms with Crippen LogP contribution >= 0.6 is 0 Å². The van der Waals surface area contributed by atoms with Crippen molar-refractivity contribution in [2.24, 2.45) is 0 Å². The van der Waals surface area contributed by atoms with E-state index in [-0.39, 0.29) is 17.6 Å². The van der Waals surface area contributed by atoms with Crippen LogP contribution in [0.3, 0.4) is 0 Å². The van der Waals surface area contributed by atoms with Gasteiger partial charge >= 0.3 is 5.97 Å². The zero-order chi connectivity index (χ0) is 21.5. The maximum atomic E-state index is 10.4. The lowest BCUT2D eigenvalue weighted by Gasteiger charge is -2.37. The lowest BCUT2D eigenvalue weighted by Crippen LogP contribution is -2.43. The Balaban J connectivity index is 4.06. The van der Waals surface area contributed by atoms with Gasteiger partial charge in [-0.2, -0.15) is 0 Å². The molecule has 0 radical (unpaired) electrons. The van der Waals surface area contributed by atoms with Crippen LogP contribution in [0.4, 0.5) is 0 Å². The van der Waals surface area contributed by atoms with E-state index >= 15 is 0 Å². The molecule has 0 saturated heterocycles. The molecule has 0 aromatic heterocycles. The van der Waals surface area contributed by atoms with Crippen molar-refractivity contribution < 1.29 is 14.3 Å². The van der Waals surface area contributed by atoms with Gasteiger partial charge in [0.15, 0.2) is 8.32 Å². The fourth-order valence-corrected chi connectivity index (χ4v) is 3.33. The third-order valence-corrected chi connectivity index (χ3v) is 9.20. The first-order valence-electron chi connectivity index (χ1n) is 9.94. The summed E-state index contributed by atoms with van der Waals surface area (Å²) >= 11 is 0. The van der Waals surface area contributed by atoms with Gasteiger partial charge in [0.1, 0.15) is 6.10 Å². The highest BCUT2D eigenvalue weighted by molar-refractivity contribution is 6.74. The molecule has 0 fully saturated rings. The van der Waals surface area contributed by atoms with E-state index in [2.05, 4.69) is 81.2 Å². The second-order valence-electron chi connectivity index (χ2n) is 8.25. The minimum atomic E-state index is -1.80. The molecule has 0 saturated carbocycles. The Kier molecular flexibility index (Phi) is 12.9. The summed E-state index contributed by atoms with van der Waals surface area (Å²) in [7, 11) is -1.80. The molecule has 0 aliphatic rings. The van der Waals surface area contributed by atoms with E-state index in [1.165, 1.54) is 0 Å². The molecule has 0 amide bonds. The standard InChI is InChI=1S/C24H34O3Si/c1-22(27-28(5,6)24(2,3)4)20-18-16-14-12-10-8-7-9-11-13-15-17-19-21-23(25)26/h22H,9,11,13,15,17,19,21H2,1-6H3,(H,25,26)/t22-/m0/s1. The van der Waals surface area contributed by atoms with Gasteiger partial charge in [-0.3, -0.25) is 4.79 Å². The van der Waals surface area contributed by atoms with E-state index in [0.717, 1.165) is 38.5 Å². The van der Waals surface area contributed by atoms with Crippen LogP contribution in [0.5, 0.6) is 0 Å². The number of carbonyl (C=O) groups is 1. The van der Waals surface area contributed by atoms with Gasteiger partial charge in [0.25, 0.3) is 0 Å². The molecule has 0 aliphatic carbocycles. The van der Waals surface area contributed by atoms with Crippen LogP contribution in [0.2, 0.25) is 18.1 Å². The Morgan fingerprint density at radius 1 is 0.929 bits per heavy atom. The number of hydrogen-bond acceptors (Lipinski definition) is 2. The molecular formula is C24H34O3Si. The molecule has 3 nitrogen and oxygen atoms in total. The summed E-state index contributed by atoms with van der Waals surface area (Å²) in [6.45, 7) is 13.0. The molecule has 28 heavy (non-hydrogen) atoms. The zero-order valence-corrected chi connectivity index (χ0v) is 19.3. The topological polar surface area (TPSA) is 46.5 Å². The van der Waals surface area contributed by atoms with Crippen molar-refractivity contribution >= 4 is 14.3 Å². The monoisotopic (exact) mass is 398 g/mol. The molecule has 0 heterocycles. The van der Waals surface area contributed by atoms with Gasteiger partial charge in [0.2, 0.25) is 0 Å². The van der Waals surface area contributed by atoms with Crippen LogP contribution in [0.1, 0.15) is 72.6 Å². The number of hydrogen-bond donors (Lipinski definition) is 1. The van der Waals surface area contributed by atoms with Gasteiger partial charge in [0.05, 0.1) is 0 Å². The lowest BCUT2D eigenvalue weighted by atomic mass is 10.1. The van der Waals surface area contributed by atoms with Crippen molar-refractivity contribution in [2.75, 3.05) is 0 Å². The number of carboxylic acid groups (broad SMARTS) is 1. The minimum absolute atomic E-state index is 0.132. The summed E-state index contributed by atoms with van der Waals surface area (Å²) in [6.07, 6.45) is 5.82. The third kappa shape index (κ3) is 14.0. The molecule has 0 unspecified atom stereocenters. The number of aliphatic carboxylic acids is 1. The predicted octanol–water partition coefficient (Wildman–Crippen LogP) is 5.23. The maximum absolute atomic E-state index is 10.4. The molecule has 4 heteroatoms. The minimum Gasteiger partial charge on any atom is -0.481 e. The van der Waals surface area contributed by atoms with Crippen LogP contribution in [0, 0.1) is 47.4 Å². The second kappa shape index (κ2) is 14.0. The Morgan fingerprint density at radius 3 is 2.07 bits per heavy atom. The van der Waals surface area contributed by atoms with Crippen molar-refractivity contribution in [3.63, 3.8) is 0 Å². The fourth-order valence-electron chi connectivity index (χ4n) is 2.04. The van der Waals surface area contributed by atoms with Crippen molar-refractivity contribution in [3.05, 3.63) is 0 Å². The average molecular weight is 399 g/mol. The van der Waals surface area contributed by atoms with E-state index in [1.807, 2.05) is 6.92 Å². The predicted molar refractivity (Wildman–Crippen MR) is 119 cm³/mol. The van der Waals surface area contributed by atoms with Crippen LogP contribution in [-0.2, 0) is 9.22 Å². The molecule has 0 aromatic carbocycles. The van der Waals surface area contributed by atoms with E-state index in [1.54, 1.807) is 0 Å². The summed E-state index contributed by atoms with van der Waals surface area (Å²) in [4.78, 5) is 10.4. The summed E-state index contributed by atoms with van der Waals surface area (Å²) in [5.74, 6) is 21.7. The molecule has 0 aliphatic heterocycles. The van der Waals surface area contributed by atoms with Crippen molar-refractivity contribution in [1.29, 1.82) is 0 Å². The van der Waals surface area contributed by atoms with E-state index in [0.29, 0.717) is 0 Å². The largest absolute Gasteiger partial charge is 0.481 e. The molecular weight excluding hydrogens is 364 g/mol. The Morgan fingerprint density at radius 2 is 1.46 bits per heavy atom. The van der Waals surface area contributed by atoms with Gasteiger partial charge in [-0.15, -0.1) is 0 Å². The summed E-state index contributed by atoms with van der Waals surface area (Å²) in [5, 5.41) is 8.71. The molecule has 0 rings (SSSR count). The SMILES string of the molecule is C[C@@H](C#CC#CC#CC#CCCCCCCCC(=O)O)O[Si](C)(C)C(C)(C)C. The van der Waals surface area contributed by atoms with E-state index in [4.69, 9.17) is 9.53 Å². The fraction of sp³-hybridized carbons (Fsp3) is 0.625. The average Bonchev–Trinajstić information content (AvgIpc) is 2.56. The van der Waals surface area contributed by atoms with Crippen LogP contribution < -0.4 is 0 Å². The quantitative estimate of drug-likeness (QED) is 0.329. The first-order chi connectivity index (χ1) is 13.1. The van der Waals surface area contributed by atoms with E-state index < -0.39 is 14.3 Å². The first kappa shape index (κ1) is 25.9. The van der Waals surface area contributed by atoms with Crippen LogP contribution in [0.15, 0.2) is 0 Å². The maximum Gasteiger partial charge on any atom is 0.303 e. The Bertz CT molecular complexity index is 728. The van der Waals surface area contributed by atoms with E-state index in [9.17, 15) is 4.79 Å². The highest BCUT2D eigenvalue weighted by atomic mass is 28.4. The van der Waals surface area contributed by atoms with Gasteiger partial charge in [0, 0.05) is 12.8 Å². The number of rotatable bonds is 9. The molecule has 0 spiro atoms. The van der Waals surface area contributed by atoms with Crippen molar-refractivity contribution in [2.45, 2.75) is 96.9 Å². The van der Waals surface area contributed by atoms with Gasteiger partial charge in [-0.25, -0.2) is 0 Å². The van der Waals surface area contributed by atoms with Gasteiger partial charge < -0.3 is 9.53 Å². The Labute approximate surface area is 173 Å². The highest BCUT2D eigenvalue weighted by Crippen LogP contribution is 2.37. The van der Waals surface area contributed by atoms with Gasteiger partial charge in [-0.05, 0) is 73.4 Å². The van der Waals surface area contributed by atoms with Crippen molar-refractivity contribution in [1.82, 2.24) is 0 Å². The van der Waals surface area contributed by atoms with Gasteiger partial charge in [-0.1, -0.05) is 51.9 Å². The lowest BCUT2D eigenvalue weighted by molar-refractivity contribution is -0.137. The Hall–Kier alpha value is -2.11. The zero-order valence-electron chi connectivity index (χ0n) is 18.3.